The molecule has 3 aromatic heterocycles. The molecule has 32 heavy (non-hydrogen) atoms. The summed E-state index contributed by atoms with van der Waals surface area (Å²) in [7, 11) is 2.07. The summed E-state index contributed by atoms with van der Waals surface area (Å²) in [5.41, 5.74) is 4.27. The summed E-state index contributed by atoms with van der Waals surface area (Å²) in [6.07, 6.45) is 5.57. The Morgan fingerprint density at radius 2 is 2.09 bits per heavy atom. The van der Waals surface area contributed by atoms with Crippen LogP contribution in [0.5, 0.6) is 0 Å². The molecule has 0 saturated carbocycles. The molecule has 0 N–H and O–H groups in total. The van der Waals surface area contributed by atoms with Gasteiger partial charge in [-0.25, -0.2) is 14.8 Å². The second kappa shape index (κ2) is 8.24. The van der Waals surface area contributed by atoms with E-state index in [4.69, 9.17) is 16.4 Å². The number of hydrogen-bond donors (Lipinski definition) is 0. The number of aromatic nitrogens is 4. The molecule has 0 aliphatic heterocycles. The zero-order valence-electron chi connectivity index (χ0n) is 17.8. The third-order valence-corrected chi connectivity index (χ3v) is 6.30. The second-order valence-corrected chi connectivity index (χ2v) is 8.35. The van der Waals surface area contributed by atoms with Crippen molar-refractivity contribution in [2.24, 2.45) is 18.1 Å². The van der Waals surface area contributed by atoms with E-state index >= 15 is 0 Å². The van der Waals surface area contributed by atoms with E-state index in [0.717, 1.165) is 40.8 Å². The van der Waals surface area contributed by atoms with E-state index in [9.17, 15) is 4.79 Å². The van der Waals surface area contributed by atoms with Crippen LogP contribution in [0.4, 0.5) is 0 Å². The first-order valence-electron chi connectivity index (χ1n) is 10.5. The largest absolute Gasteiger partial charge is 0.383 e. The van der Waals surface area contributed by atoms with Gasteiger partial charge in [-0.05, 0) is 38.0 Å². The summed E-state index contributed by atoms with van der Waals surface area (Å²) in [6, 6.07) is 13.1. The van der Waals surface area contributed by atoms with E-state index in [1.165, 1.54) is 5.69 Å². The molecule has 1 aliphatic carbocycles. The summed E-state index contributed by atoms with van der Waals surface area (Å²) in [5.74, 6) is 0.374. The number of imidazole rings is 1. The molecule has 0 amide bonds. The fourth-order valence-electron chi connectivity index (χ4n) is 4.47. The van der Waals surface area contributed by atoms with Crippen LogP contribution in [-0.2, 0) is 24.9 Å². The van der Waals surface area contributed by atoms with Crippen LogP contribution in [0.15, 0.2) is 60.0 Å². The number of carbonyl (C=O) groups is 1. The van der Waals surface area contributed by atoms with E-state index in [1.54, 1.807) is 24.4 Å². The lowest BCUT2D eigenvalue weighted by molar-refractivity contribution is 0.0506. The van der Waals surface area contributed by atoms with Crippen LogP contribution in [0.1, 0.15) is 34.0 Å². The minimum Gasteiger partial charge on any atom is -0.347 e. The van der Waals surface area contributed by atoms with E-state index in [-0.39, 0.29) is 16.8 Å². The van der Waals surface area contributed by atoms with Crippen LogP contribution in [0.3, 0.4) is 0 Å². The lowest BCUT2D eigenvalue weighted by Gasteiger charge is -2.25. The van der Waals surface area contributed by atoms with Gasteiger partial charge in [0, 0.05) is 54.1 Å². The predicted molar refractivity (Wildman–Crippen MR) is 123 cm³/mol. The smallest absolute Gasteiger partial charge is 0.347 e. The van der Waals surface area contributed by atoms with Gasteiger partial charge in [0.25, 0.3) is 0 Å². The van der Waals surface area contributed by atoms with Gasteiger partial charge >= 0.3 is 5.97 Å². The minimum atomic E-state index is -0.634. The molecule has 0 bridgehead atoms. The number of aryl methyl sites for hydroxylation is 2. The molecule has 1 atom stereocenters. The topological polar surface area (TPSA) is 74.3 Å². The van der Waals surface area contributed by atoms with Gasteiger partial charge in [0.05, 0.1) is 5.71 Å². The highest BCUT2D eigenvalue weighted by atomic mass is 35.5. The van der Waals surface area contributed by atoms with Crippen molar-refractivity contribution < 1.29 is 9.63 Å². The first-order chi connectivity index (χ1) is 15.5. The molecule has 1 aliphatic rings. The van der Waals surface area contributed by atoms with Crippen molar-refractivity contribution in [3.63, 3.8) is 0 Å². The van der Waals surface area contributed by atoms with Crippen molar-refractivity contribution in [3.8, 4) is 0 Å². The number of halogens is 1. The van der Waals surface area contributed by atoms with Crippen LogP contribution in [0, 0.1) is 12.8 Å². The molecule has 7 nitrogen and oxygen atoms in total. The Bertz CT molecular complexity index is 1350. The highest BCUT2D eigenvalue weighted by molar-refractivity contribution is 6.29. The Kier molecular flexibility index (Phi) is 5.27. The number of rotatable bonds is 4. The molecule has 0 radical (unpaired) electrons. The lowest BCUT2D eigenvalue weighted by atomic mass is 9.84. The van der Waals surface area contributed by atoms with E-state index in [2.05, 4.69) is 43.4 Å². The molecule has 5 rings (SSSR count). The van der Waals surface area contributed by atoms with Gasteiger partial charge in [-0.2, -0.15) is 0 Å². The van der Waals surface area contributed by atoms with Crippen LogP contribution < -0.4 is 0 Å². The average molecular weight is 448 g/mol. The van der Waals surface area contributed by atoms with Crippen LogP contribution in [0.2, 0.25) is 5.15 Å². The molecule has 1 unspecified atom stereocenters. The molecule has 4 aromatic rings. The van der Waals surface area contributed by atoms with Crippen molar-refractivity contribution in [3.05, 3.63) is 82.8 Å². The first-order valence-corrected chi connectivity index (χ1v) is 10.9. The molecular weight excluding hydrogens is 426 g/mol. The Balaban J connectivity index is 1.57. The maximum atomic E-state index is 12.6. The summed E-state index contributed by atoms with van der Waals surface area (Å²) in [4.78, 5) is 26.4. The van der Waals surface area contributed by atoms with E-state index in [0.29, 0.717) is 6.54 Å². The highest BCUT2D eigenvalue weighted by Crippen LogP contribution is 2.35. The Morgan fingerprint density at radius 1 is 1.25 bits per heavy atom. The zero-order chi connectivity index (χ0) is 22.2. The van der Waals surface area contributed by atoms with Crippen molar-refractivity contribution in [1.82, 2.24) is 19.1 Å². The molecule has 3 heterocycles. The van der Waals surface area contributed by atoms with Gasteiger partial charge in [-0.1, -0.05) is 41.0 Å². The number of oxime groups is 1. The first kappa shape index (κ1) is 20.5. The Morgan fingerprint density at radius 3 is 2.88 bits per heavy atom. The number of carbonyl (C=O) groups excluding carboxylic acids is 1. The fraction of sp³-hybridized carbons (Fsp3) is 0.250. The van der Waals surface area contributed by atoms with Crippen LogP contribution in [-0.4, -0.2) is 30.8 Å². The highest BCUT2D eigenvalue weighted by Gasteiger charge is 2.32. The third-order valence-electron chi connectivity index (χ3n) is 6.09. The van der Waals surface area contributed by atoms with Crippen molar-refractivity contribution in [1.29, 1.82) is 0 Å². The van der Waals surface area contributed by atoms with Crippen molar-refractivity contribution in [2.45, 2.75) is 26.3 Å². The number of pyridine rings is 1. The number of benzene rings is 1. The van der Waals surface area contributed by atoms with Crippen molar-refractivity contribution >= 4 is 34.2 Å². The predicted octanol–water partition coefficient (Wildman–Crippen LogP) is 4.56. The second-order valence-electron chi connectivity index (χ2n) is 7.96. The quantitative estimate of drug-likeness (QED) is 0.261. The number of para-hydroxylation sites is 1. The molecule has 162 valence electrons. The maximum Gasteiger partial charge on any atom is 0.383 e. The third kappa shape index (κ3) is 3.58. The summed E-state index contributed by atoms with van der Waals surface area (Å²) >= 11 is 5.92. The van der Waals surface area contributed by atoms with Crippen molar-refractivity contribution in [2.75, 3.05) is 0 Å². The molecule has 0 spiro atoms. The van der Waals surface area contributed by atoms with E-state index < -0.39 is 5.97 Å². The monoisotopic (exact) mass is 447 g/mol. The fourth-order valence-corrected chi connectivity index (χ4v) is 4.63. The van der Waals surface area contributed by atoms with Crippen LogP contribution in [0.25, 0.3) is 10.9 Å². The average Bonchev–Trinajstić information content (AvgIpc) is 3.33. The van der Waals surface area contributed by atoms with Crippen LogP contribution >= 0.6 is 11.6 Å². The normalized spacial score (nSPS) is 17.0. The summed E-state index contributed by atoms with van der Waals surface area (Å²) in [6.45, 7) is 2.69. The lowest BCUT2D eigenvalue weighted by Crippen LogP contribution is -2.28. The van der Waals surface area contributed by atoms with Gasteiger partial charge in [0.15, 0.2) is 5.69 Å². The molecule has 0 saturated heterocycles. The number of fused-ring (bicyclic) bond motifs is 3. The number of nitrogens with zero attached hydrogens (tertiary/aromatic N) is 5. The van der Waals surface area contributed by atoms with E-state index in [1.807, 2.05) is 25.3 Å². The molecule has 1 aromatic carbocycles. The van der Waals surface area contributed by atoms with Gasteiger partial charge < -0.3 is 14.0 Å². The van der Waals surface area contributed by atoms with Gasteiger partial charge in [0.1, 0.15) is 11.0 Å². The number of hydrogen-bond acceptors (Lipinski definition) is 5. The Hall–Kier alpha value is -3.45. The molecular formula is C24H22ClN5O2. The minimum absolute atomic E-state index is 0.0707. The Labute approximate surface area is 190 Å². The maximum absolute atomic E-state index is 12.6. The van der Waals surface area contributed by atoms with Gasteiger partial charge in [-0.15, -0.1) is 0 Å². The zero-order valence-corrected chi connectivity index (χ0v) is 18.6. The summed E-state index contributed by atoms with van der Waals surface area (Å²) in [5, 5.41) is 5.76. The molecule has 8 heteroatoms. The summed E-state index contributed by atoms with van der Waals surface area (Å²) < 4.78 is 4.32. The SMILES string of the molecule is Cc1nccn1CC1CCc2c(c3ccccc3n2C)C1=NOC(=O)c1cccc(Cl)n1. The van der Waals surface area contributed by atoms with Gasteiger partial charge in [0.2, 0.25) is 0 Å². The molecule has 0 fully saturated rings. The standard InChI is InChI=1S/C24H22ClN5O2/c1-15-26-12-13-30(15)14-16-10-11-20-22(17-6-3-4-8-19(17)29(20)2)23(16)28-32-24(31)18-7-5-9-21(25)27-18/h3-9,12-13,16H,10-11,14H2,1-2H3. The van der Waals surface area contributed by atoms with Gasteiger partial charge in [-0.3, -0.25) is 0 Å².